The molecule has 8 nitrogen and oxygen atoms in total. The van der Waals surface area contributed by atoms with Gasteiger partial charge in [0.05, 0.1) is 17.9 Å². The summed E-state index contributed by atoms with van der Waals surface area (Å²) in [6.07, 6.45) is 10.6. The van der Waals surface area contributed by atoms with Gasteiger partial charge in [-0.3, -0.25) is 14.4 Å². The number of ether oxygens (including phenoxy) is 1. The van der Waals surface area contributed by atoms with Gasteiger partial charge in [-0.05, 0) is 51.1 Å². The van der Waals surface area contributed by atoms with E-state index in [9.17, 15) is 14.4 Å². The number of unbranched alkanes of at least 4 members (excludes halogenated alkanes) is 1. The lowest BCUT2D eigenvalue weighted by atomic mass is 9.74. The quantitative estimate of drug-likeness (QED) is 0.441. The van der Waals surface area contributed by atoms with Crippen molar-refractivity contribution >= 4 is 35.0 Å². The maximum absolute atomic E-state index is 14.0. The molecule has 1 saturated carbocycles. The van der Waals surface area contributed by atoms with Gasteiger partial charge in [-0.15, -0.1) is 0 Å². The van der Waals surface area contributed by atoms with Crippen molar-refractivity contribution in [1.29, 1.82) is 0 Å². The maximum Gasteiger partial charge on any atom is 0.246 e. The number of nitrogens with one attached hydrogen (secondary N) is 2. The average Bonchev–Trinajstić information content (AvgIpc) is 3.54. The third-order valence-corrected chi connectivity index (χ3v) is 8.82. The van der Waals surface area contributed by atoms with Gasteiger partial charge in [-0.2, -0.15) is 0 Å². The van der Waals surface area contributed by atoms with Crippen LogP contribution >= 0.6 is 11.6 Å². The molecule has 2 N–H and O–H groups in total. The topological polar surface area (TPSA) is 91.0 Å². The molecule has 2 saturated heterocycles. The monoisotopic (exact) mass is 542 g/mol. The molecule has 4 aliphatic rings. The summed E-state index contributed by atoms with van der Waals surface area (Å²) in [6, 6.07) is 6.25. The predicted molar refractivity (Wildman–Crippen MR) is 147 cm³/mol. The van der Waals surface area contributed by atoms with Crippen molar-refractivity contribution in [3.05, 3.63) is 41.4 Å². The fourth-order valence-electron chi connectivity index (χ4n) is 6.64. The van der Waals surface area contributed by atoms with Crippen LogP contribution < -0.4 is 10.6 Å². The Labute approximate surface area is 230 Å². The molecule has 1 spiro atoms. The van der Waals surface area contributed by atoms with Crippen LogP contribution in [0.25, 0.3) is 0 Å². The zero-order chi connectivity index (χ0) is 26.9. The van der Waals surface area contributed by atoms with E-state index < -0.39 is 29.6 Å². The Bertz CT molecular complexity index is 1090. The molecule has 2 bridgehead atoms. The summed E-state index contributed by atoms with van der Waals surface area (Å²) in [5.41, 5.74) is -0.575. The molecule has 1 aliphatic carbocycles. The highest BCUT2D eigenvalue weighted by Crippen LogP contribution is 2.55. The average molecular weight is 543 g/mol. The largest absolute Gasteiger partial charge is 0.359 e. The zero-order valence-electron chi connectivity index (χ0n) is 22.3. The Morgan fingerprint density at radius 3 is 2.71 bits per heavy atom. The molecule has 5 rings (SSSR count). The third kappa shape index (κ3) is 5.10. The fourth-order valence-corrected chi connectivity index (χ4v) is 6.84. The van der Waals surface area contributed by atoms with Crippen LogP contribution in [0.4, 0.5) is 5.69 Å². The van der Waals surface area contributed by atoms with E-state index in [0.717, 1.165) is 45.1 Å². The van der Waals surface area contributed by atoms with Crippen molar-refractivity contribution in [2.24, 2.45) is 11.8 Å². The second-order valence-corrected chi connectivity index (χ2v) is 11.7. The number of fused-ring (bicyclic) bond motifs is 1. The fraction of sp³-hybridized carbons (Fsp3) is 0.621. The summed E-state index contributed by atoms with van der Waals surface area (Å²) in [6.45, 7) is 4.13. The van der Waals surface area contributed by atoms with E-state index in [-0.39, 0.29) is 23.8 Å². The lowest BCUT2D eigenvalue weighted by Gasteiger charge is -2.34. The Morgan fingerprint density at radius 1 is 1.18 bits per heavy atom. The Morgan fingerprint density at radius 2 is 1.97 bits per heavy atom. The highest BCUT2D eigenvalue weighted by molar-refractivity contribution is 6.30. The van der Waals surface area contributed by atoms with Gasteiger partial charge >= 0.3 is 0 Å². The molecule has 3 heterocycles. The lowest BCUT2D eigenvalue weighted by Crippen LogP contribution is -2.57. The number of benzene rings is 1. The van der Waals surface area contributed by atoms with Gasteiger partial charge in [0.25, 0.3) is 0 Å². The smallest absolute Gasteiger partial charge is 0.246 e. The highest BCUT2D eigenvalue weighted by atomic mass is 35.5. The van der Waals surface area contributed by atoms with Gasteiger partial charge in [0, 0.05) is 29.8 Å². The summed E-state index contributed by atoms with van der Waals surface area (Å²) >= 11 is 6.11. The van der Waals surface area contributed by atoms with E-state index in [1.807, 2.05) is 19.2 Å². The molecule has 9 heteroatoms. The number of amides is 3. The van der Waals surface area contributed by atoms with Crippen LogP contribution in [-0.2, 0) is 19.1 Å². The van der Waals surface area contributed by atoms with Crippen LogP contribution in [0.15, 0.2) is 36.4 Å². The van der Waals surface area contributed by atoms with Crippen molar-refractivity contribution < 1.29 is 19.1 Å². The van der Waals surface area contributed by atoms with Crippen LogP contribution in [0.5, 0.6) is 0 Å². The number of likely N-dealkylation sites (N-methyl/N-ethyl adjacent to an activating group) is 1. The molecular formula is C29H39ClN4O4. The summed E-state index contributed by atoms with van der Waals surface area (Å²) < 4.78 is 6.44. The Balaban J connectivity index is 1.40. The molecule has 3 aliphatic heterocycles. The van der Waals surface area contributed by atoms with E-state index in [0.29, 0.717) is 23.8 Å². The number of hydrogen-bond donors (Lipinski definition) is 2. The number of rotatable bonds is 10. The molecule has 3 fully saturated rings. The first kappa shape index (κ1) is 27.2. The SMILES string of the molecule is CCCCN(C)CCN1C(=O)[C@@H]2[C@H](C(=O)Nc3cccc(Cl)c3)[C@@H]3C=C[C@@]2(O3)[C@H]1C(=O)NC1CCCCC1. The highest BCUT2D eigenvalue weighted by Gasteiger charge is 2.72. The normalized spacial score (nSPS) is 30.2. The molecular weight excluding hydrogens is 504 g/mol. The molecule has 1 aromatic carbocycles. The molecule has 5 atom stereocenters. The van der Waals surface area contributed by atoms with Gasteiger partial charge in [0.2, 0.25) is 17.7 Å². The maximum atomic E-state index is 14.0. The van der Waals surface area contributed by atoms with E-state index in [2.05, 4.69) is 22.5 Å². The minimum Gasteiger partial charge on any atom is -0.359 e. The van der Waals surface area contributed by atoms with Crippen LogP contribution in [0.3, 0.4) is 0 Å². The minimum atomic E-state index is -1.14. The van der Waals surface area contributed by atoms with Gasteiger partial charge in [0.15, 0.2) is 0 Å². The van der Waals surface area contributed by atoms with Gasteiger partial charge in [-0.25, -0.2) is 0 Å². The molecule has 3 amide bonds. The second kappa shape index (κ2) is 11.4. The number of anilines is 1. The first-order valence-corrected chi connectivity index (χ1v) is 14.4. The molecule has 0 aromatic heterocycles. The lowest BCUT2D eigenvalue weighted by molar-refractivity contribution is -0.141. The van der Waals surface area contributed by atoms with Crippen LogP contribution in [0, 0.1) is 11.8 Å². The Kier molecular flexibility index (Phi) is 8.12. The summed E-state index contributed by atoms with van der Waals surface area (Å²) in [7, 11) is 2.04. The summed E-state index contributed by atoms with van der Waals surface area (Å²) in [5.74, 6) is -2.13. The summed E-state index contributed by atoms with van der Waals surface area (Å²) in [5, 5.41) is 6.67. The minimum absolute atomic E-state index is 0.111. The van der Waals surface area contributed by atoms with Crippen molar-refractivity contribution in [3.8, 4) is 0 Å². The molecule has 0 radical (unpaired) electrons. The van der Waals surface area contributed by atoms with Crippen LogP contribution in [0.1, 0.15) is 51.9 Å². The molecule has 1 aromatic rings. The van der Waals surface area contributed by atoms with Crippen LogP contribution in [0.2, 0.25) is 5.02 Å². The Hall–Kier alpha value is -2.42. The number of halogens is 1. The zero-order valence-corrected chi connectivity index (χ0v) is 23.1. The van der Waals surface area contributed by atoms with Gasteiger partial charge in [-0.1, -0.05) is 62.4 Å². The van der Waals surface area contributed by atoms with Crippen LogP contribution in [-0.4, -0.2) is 78.0 Å². The van der Waals surface area contributed by atoms with Crippen molar-refractivity contribution in [3.63, 3.8) is 0 Å². The number of nitrogens with zero attached hydrogens (tertiary/aromatic N) is 2. The van der Waals surface area contributed by atoms with E-state index >= 15 is 0 Å². The van der Waals surface area contributed by atoms with Crippen molar-refractivity contribution in [2.45, 2.75) is 75.7 Å². The van der Waals surface area contributed by atoms with Gasteiger partial charge < -0.3 is 25.2 Å². The first-order chi connectivity index (χ1) is 18.3. The van der Waals surface area contributed by atoms with Gasteiger partial charge in [0.1, 0.15) is 11.6 Å². The van der Waals surface area contributed by atoms with E-state index in [1.165, 1.54) is 6.42 Å². The standard InChI is InChI=1S/C29H39ClN4O4/c1-3-4-15-33(2)16-17-34-25(27(36)31-20-10-6-5-7-11-20)29-14-13-22(38-29)23(24(29)28(34)37)26(35)32-21-12-8-9-19(30)18-21/h8-9,12-14,18,20,22-25H,3-7,10-11,15-17H2,1-2H3,(H,31,36)(H,32,35)/t22-,23+,24-,25+,29-/m0/s1. The molecule has 0 unspecified atom stereocenters. The van der Waals surface area contributed by atoms with Crippen molar-refractivity contribution in [2.75, 3.05) is 32.0 Å². The number of carbonyl (C=O) groups excluding carboxylic acids is 3. The van der Waals surface area contributed by atoms with E-state index in [4.69, 9.17) is 16.3 Å². The first-order valence-electron chi connectivity index (χ1n) is 14.1. The van der Waals surface area contributed by atoms with E-state index in [1.54, 1.807) is 29.2 Å². The molecule has 38 heavy (non-hydrogen) atoms. The molecule has 206 valence electrons. The summed E-state index contributed by atoms with van der Waals surface area (Å²) in [4.78, 5) is 45.3. The second-order valence-electron chi connectivity index (χ2n) is 11.2. The third-order valence-electron chi connectivity index (χ3n) is 8.58. The number of hydrogen-bond acceptors (Lipinski definition) is 5. The number of likely N-dealkylation sites (tertiary alicyclic amines) is 1. The predicted octanol–water partition coefficient (Wildman–Crippen LogP) is 3.61. The van der Waals surface area contributed by atoms with Crippen molar-refractivity contribution in [1.82, 2.24) is 15.1 Å². The number of carbonyl (C=O) groups is 3.